The number of benzene rings is 8. The minimum absolute atomic E-state index is 0. The minimum Gasteiger partial charge on any atom is -0.611 e. The molecule has 0 bridgehead atoms. The summed E-state index contributed by atoms with van der Waals surface area (Å²) in [6, 6.07) is 49.8. The summed E-state index contributed by atoms with van der Waals surface area (Å²) in [4.78, 5) is 0. The molecule has 0 aliphatic carbocycles. The molecule has 2 aliphatic rings. The molecule has 46 heavy (non-hydrogen) atoms. The van der Waals surface area contributed by atoms with Crippen LogP contribution in [0.3, 0.4) is 0 Å². The van der Waals surface area contributed by atoms with Gasteiger partial charge in [0.15, 0.2) is 0 Å². The Bertz CT molecular complexity index is 2170. The monoisotopic (exact) mass is 586 g/mol. The quantitative estimate of drug-likeness (QED) is 0.175. The summed E-state index contributed by atoms with van der Waals surface area (Å²) in [5.41, 5.74) is 3.81. The number of hydrogen-bond donors (Lipinski definition) is 0. The van der Waals surface area contributed by atoms with Gasteiger partial charge in [-0.15, -0.1) is 0 Å². The summed E-state index contributed by atoms with van der Waals surface area (Å²) in [5, 5.41) is 8.70. The minimum atomic E-state index is -2.89. The summed E-state index contributed by atoms with van der Waals surface area (Å²) in [7, 11) is 0. The molecule has 0 N–H and O–H groups in total. The van der Waals surface area contributed by atoms with Gasteiger partial charge in [-0.3, -0.25) is 0 Å². The van der Waals surface area contributed by atoms with E-state index in [1.807, 2.05) is 24.3 Å². The third-order valence-electron chi connectivity index (χ3n) is 9.15. The van der Waals surface area contributed by atoms with Gasteiger partial charge in [0, 0.05) is 22.3 Å². The summed E-state index contributed by atoms with van der Waals surface area (Å²) >= 11 is 0. The Morgan fingerprint density at radius 1 is 0.283 bits per heavy atom. The van der Waals surface area contributed by atoms with Crippen LogP contribution in [0.4, 0.5) is 0 Å². The first-order valence-electron chi connectivity index (χ1n) is 15.2. The summed E-state index contributed by atoms with van der Waals surface area (Å²) in [6.07, 6.45) is 0. The van der Waals surface area contributed by atoms with Crippen molar-refractivity contribution in [3.8, 4) is 45.3 Å². The van der Waals surface area contributed by atoms with E-state index in [4.69, 9.17) is 18.6 Å². The van der Waals surface area contributed by atoms with Crippen LogP contribution in [0.2, 0.25) is 0 Å². The SMILES string of the molecule is [Li+].c1ccc2c3c(ccc2c1)O[B-]1(Oc2ccc4ccccc4c2-3)Oc2ccc3ccccc3c2-c2c(ccc3ccccc23)O1. The molecular weight excluding hydrogens is 562 g/mol. The van der Waals surface area contributed by atoms with Crippen LogP contribution >= 0.6 is 0 Å². The van der Waals surface area contributed by atoms with E-state index in [1.54, 1.807) is 0 Å². The van der Waals surface area contributed by atoms with E-state index in [9.17, 15) is 0 Å². The molecule has 0 fully saturated rings. The average Bonchev–Trinajstić information content (AvgIpc) is 3.32. The molecule has 6 heteroatoms. The second-order valence-corrected chi connectivity index (χ2v) is 11.7. The van der Waals surface area contributed by atoms with E-state index in [0.717, 1.165) is 65.3 Å². The van der Waals surface area contributed by atoms with E-state index in [2.05, 4.69) is 121 Å². The average molecular weight is 586 g/mol. The fourth-order valence-electron chi connectivity index (χ4n) is 7.20. The van der Waals surface area contributed by atoms with Gasteiger partial charge in [0.25, 0.3) is 0 Å². The Labute approximate surface area is 277 Å². The summed E-state index contributed by atoms with van der Waals surface area (Å²) in [5.74, 6) is 2.54. The molecule has 2 aliphatic heterocycles. The number of rotatable bonds is 0. The van der Waals surface area contributed by atoms with Crippen LogP contribution in [0.1, 0.15) is 0 Å². The normalized spacial score (nSPS) is 13.9. The predicted octanol–water partition coefficient (Wildman–Crippen LogP) is 7.32. The summed E-state index contributed by atoms with van der Waals surface area (Å²) in [6.45, 7) is -2.89. The standard InChI is InChI=1S/C40H24BO4.Li/c1-5-13-29-25(9-1)17-21-33-37(29)38-30-14-6-2-10-26(30)18-22-34(38)43-41(42-33)44-35-23-19-27-11-3-7-15-31(27)39(35)40-32-16-8-4-12-28(32)20-24-36(40)45-41;/h1-24H;/q-1;+1. The number of hydrogen-bond acceptors (Lipinski definition) is 4. The number of fused-ring (bicyclic) bond motifs is 14. The molecule has 4 nitrogen and oxygen atoms in total. The van der Waals surface area contributed by atoms with Gasteiger partial charge in [0.2, 0.25) is 0 Å². The van der Waals surface area contributed by atoms with Crippen LogP contribution in [-0.4, -0.2) is 6.96 Å². The Balaban J connectivity index is 0.00000292. The molecule has 0 radical (unpaired) electrons. The molecule has 0 amide bonds. The first-order valence-corrected chi connectivity index (χ1v) is 15.2. The van der Waals surface area contributed by atoms with Crippen molar-refractivity contribution >= 4 is 50.0 Å². The van der Waals surface area contributed by atoms with Gasteiger partial charge < -0.3 is 18.6 Å². The molecule has 0 saturated carbocycles. The molecule has 8 aromatic rings. The van der Waals surface area contributed by atoms with Crippen molar-refractivity contribution in [3.05, 3.63) is 146 Å². The zero-order valence-corrected chi connectivity index (χ0v) is 25.1. The third-order valence-corrected chi connectivity index (χ3v) is 9.15. The Kier molecular flexibility index (Phi) is 5.92. The van der Waals surface area contributed by atoms with Gasteiger partial charge in [0.05, 0.1) is 23.0 Å². The van der Waals surface area contributed by atoms with Crippen molar-refractivity contribution in [1.82, 2.24) is 0 Å². The molecule has 0 atom stereocenters. The van der Waals surface area contributed by atoms with Crippen molar-refractivity contribution in [2.75, 3.05) is 0 Å². The van der Waals surface area contributed by atoms with Crippen LogP contribution in [0.15, 0.2) is 146 Å². The van der Waals surface area contributed by atoms with Crippen LogP contribution in [0, 0.1) is 0 Å². The maximum absolute atomic E-state index is 6.94. The molecule has 0 saturated heterocycles. The fraction of sp³-hybridized carbons (Fsp3) is 0. The van der Waals surface area contributed by atoms with E-state index in [1.165, 1.54) is 0 Å². The van der Waals surface area contributed by atoms with Crippen molar-refractivity contribution in [3.63, 3.8) is 0 Å². The van der Waals surface area contributed by atoms with Gasteiger partial charge in [-0.2, -0.15) is 0 Å². The van der Waals surface area contributed by atoms with E-state index >= 15 is 0 Å². The Hall–Kier alpha value is -5.34. The largest absolute Gasteiger partial charge is 1.00 e. The van der Waals surface area contributed by atoms with Crippen LogP contribution in [0.25, 0.3) is 65.3 Å². The molecule has 2 heterocycles. The predicted molar refractivity (Wildman–Crippen MR) is 182 cm³/mol. The molecule has 212 valence electrons. The van der Waals surface area contributed by atoms with Crippen LogP contribution in [0.5, 0.6) is 23.0 Å². The topological polar surface area (TPSA) is 36.9 Å². The molecule has 8 aromatic carbocycles. The maximum atomic E-state index is 6.94. The Morgan fingerprint density at radius 2 is 0.522 bits per heavy atom. The van der Waals surface area contributed by atoms with Gasteiger partial charge in [-0.05, 0) is 67.4 Å². The van der Waals surface area contributed by atoms with E-state index < -0.39 is 6.96 Å². The van der Waals surface area contributed by atoms with Crippen LogP contribution < -0.4 is 37.5 Å². The van der Waals surface area contributed by atoms with Crippen molar-refractivity contribution in [2.24, 2.45) is 0 Å². The maximum Gasteiger partial charge on any atom is 1.00 e. The second kappa shape index (κ2) is 10.1. The van der Waals surface area contributed by atoms with Gasteiger partial charge in [0.1, 0.15) is 0 Å². The van der Waals surface area contributed by atoms with Gasteiger partial charge in [-0.1, -0.05) is 121 Å². The van der Waals surface area contributed by atoms with Crippen molar-refractivity contribution in [2.45, 2.75) is 0 Å². The molecule has 1 spiro atoms. The van der Waals surface area contributed by atoms with Crippen molar-refractivity contribution < 1.29 is 37.5 Å². The zero-order chi connectivity index (χ0) is 29.5. The molecule has 0 unspecified atom stereocenters. The third kappa shape index (κ3) is 3.89. The van der Waals surface area contributed by atoms with Gasteiger partial charge in [-0.25, -0.2) is 0 Å². The summed E-state index contributed by atoms with van der Waals surface area (Å²) < 4.78 is 27.8. The smallest absolute Gasteiger partial charge is 0.611 e. The second-order valence-electron chi connectivity index (χ2n) is 11.7. The molecule has 0 aromatic heterocycles. The first kappa shape index (κ1) is 27.0. The Morgan fingerprint density at radius 3 is 0.783 bits per heavy atom. The zero-order valence-electron chi connectivity index (χ0n) is 25.1. The van der Waals surface area contributed by atoms with Crippen molar-refractivity contribution in [1.29, 1.82) is 0 Å². The first-order chi connectivity index (χ1) is 22.2. The van der Waals surface area contributed by atoms with E-state index in [0.29, 0.717) is 23.0 Å². The fourth-order valence-corrected chi connectivity index (χ4v) is 7.20. The molecule has 10 rings (SSSR count). The van der Waals surface area contributed by atoms with Crippen LogP contribution in [-0.2, 0) is 0 Å². The van der Waals surface area contributed by atoms with Gasteiger partial charge >= 0.3 is 25.8 Å². The van der Waals surface area contributed by atoms with E-state index in [-0.39, 0.29) is 18.9 Å². The molecular formula is C40H24BLiO4.